The Morgan fingerprint density at radius 3 is 1.42 bits per heavy atom. The van der Waals surface area contributed by atoms with Crippen molar-refractivity contribution in [3.05, 3.63) is 29.3 Å². The maximum absolute atomic E-state index is 13.2. The van der Waals surface area contributed by atoms with E-state index in [1.54, 1.807) is 12.1 Å². The number of hydrogen-bond donors (Lipinski definition) is 2. The van der Waals surface area contributed by atoms with Crippen LogP contribution in [-0.4, -0.2) is 173 Å². The number of anilines is 1. The zero-order chi connectivity index (χ0) is 44.3. The molecule has 3 rings (SSSR count). The van der Waals surface area contributed by atoms with Gasteiger partial charge in [0.1, 0.15) is 6.04 Å². The summed E-state index contributed by atoms with van der Waals surface area (Å²) < 4.78 is 55.2. The fourth-order valence-corrected chi connectivity index (χ4v) is 6.39. The number of rotatable bonds is 41. The number of carbonyl (C=O) groups is 5. The summed E-state index contributed by atoms with van der Waals surface area (Å²) in [5.74, 6) is -2.71. The second kappa shape index (κ2) is 35.0. The van der Waals surface area contributed by atoms with Gasteiger partial charge in [0.05, 0.1) is 136 Å². The molecule has 2 aliphatic rings. The first-order chi connectivity index (χ1) is 30.4. The molecule has 1 atom stereocenters. The van der Waals surface area contributed by atoms with E-state index >= 15 is 0 Å². The van der Waals surface area contributed by atoms with E-state index in [4.69, 9.17) is 47.4 Å². The van der Waals surface area contributed by atoms with Gasteiger partial charge in [-0.2, -0.15) is 0 Å². The van der Waals surface area contributed by atoms with Gasteiger partial charge in [-0.1, -0.05) is 45.1 Å². The maximum atomic E-state index is 13.2. The highest BCUT2D eigenvalue weighted by Crippen LogP contribution is 2.32. The Hall–Kier alpha value is -3.43. The summed E-state index contributed by atoms with van der Waals surface area (Å²) in [5, 5.41) is 4.91. The number of nitrogens with one attached hydrogen (secondary N) is 2. The molecular weight excluding hydrogens is 810 g/mol. The van der Waals surface area contributed by atoms with Gasteiger partial charge in [-0.05, 0) is 37.8 Å². The van der Waals surface area contributed by atoms with Crippen LogP contribution in [0.3, 0.4) is 0 Å². The molecule has 1 saturated heterocycles. The van der Waals surface area contributed by atoms with Crippen molar-refractivity contribution < 1.29 is 71.3 Å². The van der Waals surface area contributed by atoms with Crippen molar-refractivity contribution in [2.24, 2.45) is 0 Å². The predicted molar refractivity (Wildman–Crippen MR) is 227 cm³/mol. The van der Waals surface area contributed by atoms with Crippen molar-refractivity contribution in [3.63, 3.8) is 0 Å². The van der Waals surface area contributed by atoms with Gasteiger partial charge in [-0.3, -0.25) is 34.2 Å². The second-order valence-corrected chi connectivity index (χ2v) is 14.6. The molecule has 2 aliphatic heterocycles. The van der Waals surface area contributed by atoms with Crippen LogP contribution in [0, 0.1) is 0 Å². The first-order valence-corrected chi connectivity index (χ1v) is 22.4. The van der Waals surface area contributed by atoms with Gasteiger partial charge in [0.2, 0.25) is 17.7 Å². The van der Waals surface area contributed by atoms with Crippen molar-refractivity contribution in [1.82, 2.24) is 10.2 Å². The highest BCUT2D eigenvalue weighted by Gasteiger charge is 2.45. The number of amides is 5. The number of benzene rings is 1. The number of ether oxygens (including phenoxy) is 10. The SMILES string of the molecule is CCCCCCCOCCOCCOCCOCCOCCOCCOCCOCCOCCOCCCCCC(=O)Nc1cccc2c1C(=O)N(C1CCC(=O)NC1=O)C2=O. The lowest BCUT2D eigenvalue weighted by Crippen LogP contribution is -2.54. The molecule has 0 radical (unpaired) electrons. The lowest BCUT2D eigenvalue weighted by molar-refractivity contribution is -0.136. The number of hydrogen-bond acceptors (Lipinski definition) is 15. The van der Waals surface area contributed by atoms with Crippen LogP contribution in [-0.2, 0) is 61.8 Å². The molecule has 62 heavy (non-hydrogen) atoms. The standard InChI is InChI=1S/C44H71N3O15/c1-2-3-4-5-8-16-53-18-20-55-22-24-57-26-28-59-30-32-61-34-35-62-33-31-60-29-27-58-25-23-56-21-19-54-17-9-6-7-13-39(48)45-37-12-10-11-36-41(37)44(52)47(43(36)51)38-14-15-40(49)46-42(38)50/h10-12,38H,2-9,13-35H2,1H3,(H,45,48)(H,46,49,50). The van der Waals surface area contributed by atoms with Gasteiger partial charge in [-0.25, -0.2) is 0 Å². The summed E-state index contributed by atoms with van der Waals surface area (Å²) in [5.41, 5.74) is 0.385. The van der Waals surface area contributed by atoms with Gasteiger partial charge < -0.3 is 52.7 Å². The molecule has 1 unspecified atom stereocenters. The van der Waals surface area contributed by atoms with Crippen molar-refractivity contribution in [3.8, 4) is 0 Å². The average molecular weight is 882 g/mol. The summed E-state index contributed by atoms with van der Waals surface area (Å²) in [6, 6.07) is 3.53. The Kier molecular flexibility index (Phi) is 29.9. The molecule has 0 saturated carbocycles. The third kappa shape index (κ3) is 22.8. The van der Waals surface area contributed by atoms with Gasteiger partial charge in [0.15, 0.2) is 0 Å². The van der Waals surface area contributed by atoms with Crippen LogP contribution in [0.15, 0.2) is 18.2 Å². The topological polar surface area (TPSA) is 205 Å². The molecule has 0 bridgehead atoms. The Morgan fingerprint density at radius 1 is 0.565 bits per heavy atom. The largest absolute Gasteiger partial charge is 0.379 e. The average Bonchev–Trinajstić information content (AvgIpc) is 3.52. The van der Waals surface area contributed by atoms with E-state index in [0.29, 0.717) is 132 Å². The van der Waals surface area contributed by atoms with E-state index in [9.17, 15) is 24.0 Å². The summed E-state index contributed by atoms with van der Waals surface area (Å²) in [4.78, 5) is 63.6. The van der Waals surface area contributed by atoms with E-state index in [1.807, 2.05) is 0 Å². The molecule has 1 aromatic carbocycles. The van der Waals surface area contributed by atoms with Crippen LogP contribution in [0.1, 0.15) is 98.3 Å². The predicted octanol–water partition coefficient (Wildman–Crippen LogP) is 3.72. The van der Waals surface area contributed by atoms with Crippen LogP contribution >= 0.6 is 0 Å². The molecule has 2 heterocycles. The Labute approximate surface area is 366 Å². The molecule has 0 aliphatic carbocycles. The highest BCUT2D eigenvalue weighted by atomic mass is 16.6. The first kappa shape index (κ1) is 52.9. The first-order valence-electron chi connectivity index (χ1n) is 22.4. The van der Waals surface area contributed by atoms with Crippen LogP contribution < -0.4 is 10.6 Å². The molecule has 5 amide bonds. The third-order valence-corrected chi connectivity index (χ3v) is 9.68. The molecule has 18 nitrogen and oxygen atoms in total. The Balaban J connectivity index is 0.989. The van der Waals surface area contributed by atoms with E-state index in [-0.39, 0.29) is 42.0 Å². The van der Waals surface area contributed by atoms with E-state index in [2.05, 4.69) is 17.6 Å². The molecule has 1 fully saturated rings. The fraction of sp³-hybridized carbons (Fsp3) is 0.750. The number of fused-ring (bicyclic) bond motifs is 1. The minimum absolute atomic E-state index is 0.0288. The smallest absolute Gasteiger partial charge is 0.264 e. The molecule has 18 heteroatoms. The van der Waals surface area contributed by atoms with Crippen LogP contribution in [0.4, 0.5) is 5.69 Å². The normalized spacial score (nSPS) is 15.1. The van der Waals surface area contributed by atoms with Crippen molar-refractivity contribution in [1.29, 1.82) is 0 Å². The van der Waals surface area contributed by atoms with E-state index in [1.165, 1.54) is 31.7 Å². The summed E-state index contributed by atoms with van der Waals surface area (Å²) in [6.45, 7) is 12.6. The van der Waals surface area contributed by atoms with Gasteiger partial charge >= 0.3 is 0 Å². The minimum atomic E-state index is -1.07. The molecule has 1 aromatic rings. The molecular formula is C44H71N3O15. The summed E-state index contributed by atoms with van der Waals surface area (Å²) in [7, 11) is 0. The van der Waals surface area contributed by atoms with Crippen molar-refractivity contribution >= 4 is 35.2 Å². The molecule has 2 N–H and O–H groups in total. The van der Waals surface area contributed by atoms with Crippen LogP contribution in [0.2, 0.25) is 0 Å². The number of piperidine rings is 1. The van der Waals surface area contributed by atoms with Crippen molar-refractivity contribution in [2.75, 3.05) is 137 Å². The number of imide groups is 2. The van der Waals surface area contributed by atoms with Gasteiger partial charge in [0.25, 0.3) is 11.8 Å². The maximum Gasteiger partial charge on any atom is 0.264 e. The molecule has 0 spiro atoms. The second-order valence-electron chi connectivity index (χ2n) is 14.6. The minimum Gasteiger partial charge on any atom is -0.379 e. The highest BCUT2D eigenvalue weighted by molar-refractivity contribution is 6.26. The lowest BCUT2D eigenvalue weighted by atomic mass is 10.0. The van der Waals surface area contributed by atoms with Gasteiger partial charge in [-0.15, -0.1) is 0 Å². The summed E-state index contributed by atoms with van der Waals surface area (Å²) >= 11 is 0. The quantitative estimate of drug-likeness (QED) is 0.0711. The summed E-state index contributed by atoms with van der Waals surface area (Å²) in [6.07, 6.45) is 8.67. The van der Waals surface area contributed by atoms with Gasteiger partial charge in [0, 0.05) is 26.1 Å². The zero-order valence-electron chi connectivity index (χ0n) is 36.8. The molecule has 0 aromatic heterocycles. The third-order valence-electron chi connectivity index (χ3n) is 9.68. The number of unbranched alkanes of at least 4 members (excludes halogenated alkanes) is 6. The number of nitrogens with zero attached hydrogens (tertiary/aromatic N) is 1. The van der Waals surface area contributed by atoms with Crippen LogP contribution in [0.25, 0.3) is 0 Å². The zero-order valence-corrected chi connectivity index (χ0v) is 36.8. The van der Waals surface area contributed by atoms with Crippen LogP contribution in [0.5, 0.6) is 0 Å². The lowest BCUT2D eigenvalue weighted by Gasteiger charge is -2.27. The number of carbonyl (C=O) groups excluding carboxylic acids is 5. The monoisotopic (exact) mass is 881 g/mol. The Morgan fingerprint density at radius 2 is 0.984 bits per heavy atom. The Bertz CT molecular complexity index is 1420. The molecule has 352 valence electrons. The fourth-order valence-electron chi connectivity index (χ4n) is 6.39. The van der Waals surface area contributed by atoms with E-state index in [0.717, 1.165) is 30.8 Å². The van der Waals surface area contributed by atoms with E-state index < -0.39 is 29.7 Å². The van der Waals surface area contributed by atoms with Crippen molar-refractivity contribution in [2.45, 2.75) is 83.6 Å².